The Morgan fingerprint density at radius 1 is 1.13 bits per heavy atom. The van der Waals surface area contributed by atoms with Crippen molar-refractivity contribution in [2.45, 2.75) is 77.5 Å². The van der Waals surface area contributed by atoms with Gasteiger partial charge in [-0.1, -0.05) is 0 Å². The third kappa shape index (κ3) is 4.30. The fourth-order valence-corrected chi connectivity index (χ4v) is 6.16. The molecular weight excluding hydrogens is 495 g/mol. The lowest BCUT2D eigenvalue weighted by Crippen LogP contribution is -2.50. The van der Waals surface area contributed by atoms with Gasteiger partial charge in [0.1, 0.15) is 17.2 Å². The molecule has 3 heterocycles. The molecule has 8 heteroatoms. The molecule has 1 atom stereocenters. The molecule has 0 bridgehead atoms. The number of benzene rings is 2. The molecule has 7 nitrogen and oxygen atoms in total. The first-order valence-electron chi connectivity index (χ1n) is 13.7. The van der Waals surface area contributed by atoms with Crippen LogP contribution in [0.4, 0.5) is 9.18 Å². The average Bonchev–Trinajstić information content (AvgIpc) is 3.55. The highest BCUT2D eigenvalue weighted by Crippen LogP contribution is 2.51. The first-order chi connectivity index (χ1) is 18.4. The normalized spacial score (nSPS) is 18.7. The van der Waals surface area contributed by atoms with E-state index >= 15 is 4.39 Å². The van der Waals surface area contributed by atoms with Crippen LogP contribution in [0, 0.1) is 19.7 Å². The second kappa shape index (κ2) is 8.66. The van der Waals surface area contributed by atoms with E-state index in [1.54, 1.807) is 10.8 Å². The highest BCUT2D eigenvalue weighted by atomic mass is 19.1. The first kappa shape index (κ1) is 25.6. The molecule has 2 aromatic heterocycles. The Balaban J connectivity index is 1.33. The second-order valence-electron chi connectivity index (χ2n) is 12.3. The summed E-state index contributed by atoms with van der Waals surface area (Å²) in [7, 11) is 1.97. The van der Waals surface area contributed by atoms with E-state index in [9.17, 15) is 9.59 Å². The quantitative estimate of drug-likeness (QED) is 0.300. The standard InChI is InChI=1S/C31H35FN4O3/c1-18-13-21(16-25-27(18)33-19(2)34(25)6)22-14-20-7-11-35(28(37)26(20)24(32)15-22)23-8-12-36(31(17-23)9-10-31)29(38)39-30(3,4)5/h7,11,13-16,23H,8-10,12,17H2,1-6H3. The summed E-state index contributed by atoms with van der Waals surface area (Å²) >= 11 is 0. The van der Waals surface area contributed by atoms with Gasteiger partial charge in [-0.2, -0.15) is 0 Å². The van der Waals surface area contributed by atoms with Gasteiger partial charge >= 0.3 is 6.09 Å². The molecule has 6 rings (SSSR count). The van der Waals surface area contributed by atoms with E-state index in [-0.39, 0.29) is 28.6 Å². The van der Waals surface area contributed by atoms with Crippen molar-refractivity contribution >= 4 is 27.9 Å². The van der Waals surface area contributed by atoms with Crippen molar-refractivity contribution in [1.29, 1.82) is 0 Å². The van der Waals surface area contributed by atoms with E-state index in [4.69, 9.17) is 4.74 Å². The fraction of sp³-hybridized carbons (Fsp3) is 0.452. The molecule has 1 aliphatic heterocycles. The number of rotatable bonds is 2. The number of halogens is 1. The number of nitrogens with zero attached hydrogens (tertiary/aromatic N) is 4. The van der Waals surface area contributed by atoms with E-state index < -0.39 is 11.4 Å². The third-order valence-electron chi connectivity index (χ3n) is 8.43. The van der Waals surface area contributed by atoms with Crippen molar-refractivity contribution in [3.05, 3.63) is 64.1 Å². The van der Waals surface area contributed by atoms with E-state index in [0.29, 0.717) is 24.8 Å². The number of imidazole rings is 1. The Bertz CT molecular complexity index is 1710. The fourth-order valence-electron chi connectivity index (χ4n) is 6.16. The molecule has 204 valence electrons. The molecule has 0 N–H and O–H groups in total. The lowest BCUT2D eigenvalue weighted by molar-refractivity contribution is 0.000497. The molecule has 2 aliphatic rings. The summed E-state index contributed by atoms with van der Waals surface area (Å²) < 4.78 is 25.0. The van der Waals surface area contributed by atoms with Crippen molar-refractivity contribution in [2.24, 2.45) is 7.05 Å². The summed E-state index contributed by atoms with van der Waals surface area (Å²) in [5, 5.41) is 0.687. The van der Waals surface area contributed by atoms with Crippen molar-refractivity contribution in [2.75, 3.05) is 6.54 Å². The summed E-state index contributed by atoms with van der Waals surface area (Å²) in [4.78, 5) is 32.9. The van der Waals surface area contributed by atoms with E-state index in [1.807, 2.05) is 75.4 Å². The predicted octanol–water partition coefficient (Wildman–Crippen LogP) is 6.42. The number of fused-ring (bicyclic) bond motifs is 2. The van der Waals surface area contributed by atoms with Gasteiger partial charge in [0.05, 0.1) is 16.4 Å². The highest BCUT2D eigenvalue weighted by Gasteiger charge is 2.54. The van der Waals surface area contributed by atoms with Crippen LogP contribution in [-0.2, 0) is 11.8 Å². The van der Waals surface area contributed by atoms with Gasteiger partial charge in [-0.3, -0.25) is 4.79 Å². The van der Waals surface area contributed by atoms with Gasteiger partial charge in [-0.15, -0.1) is 0 Å². The summed E-state index contributed by atoms with van der Waals surface area (Å²) in [5.41, 5.74) is 3.41. The average molecular weight is 531 g/mol. The zero-order chi connectivity index (χ0) is 27.9. The summed E-state index contributed by atoms with van der Waals surface area (Å²) in [5.74, 6) is 0.397. The summed E-state index contributed by atoms with van der Waals surface area (Å²) in [6.45, 7) is 10.1. The minimum Gasteiger partial charge on any atom is -0.444 e. The molecule has 39 heavy (non-hydrogen) atoms. The van der Waals surface area contributed by atoms with E-state index in [1.165, 1.54) is 6.07 Å². The van der Waals surface area contributed by atoms with Crippen molar-refractivity contribution in [3.63, 3.8) is 0 Å². The van der Waals surface area contributed by atoms with Crippen LogP contribution in [0.25, 0.3) is 32.9 Å². The number of carbonyl (C=O) groups is 1. The molecule has 1 unspecified atom stereocenters. The van der Waals surface area contributed by atoms with Crippen LogP contribution in [0.5, 0.6) is 0 Å². The molecule has 2 aromatic carbocycles. The number of hydrogen-bond acceptors (Lipinski definition) is 4. The van der Waals surface area contributed by atoms with Gasteiger partial charge in [0, 0.05) is 31.4 Å². The maximum Gasteiger partial charge on any atom is 0.410 e. The molecule has 1 saturated heterocycles. The number of pyridine rings is 1. The third-order valence-corrected chi connectivity index (χ3v) is 8.43. The monoisotopic (exact) mass is 530 g/mol. The first-order valence-corrected chi connectivity index (χ1v) is 13.7. The highest BCUT2D eigenvalue weighted by molar-refractivity contribution is 5.90. The second-order valence-corrected chi connectivity index (χ2v) is 12.3. The van der Waals surface area contributed by atoms with Gasteiger partial charge in [0.25, 0.3) is 5.56 Å². The molecular formula is C31H35FN4O3. The minimum atomic E-state index is -0.559. The molecule has 1 spiro atoms. The predicted molar refractivity (Wildman–Crippen MR) is 151 cm³/mol. The number of likely N-dealkylation sites (tertiary alicyclic amines) is 1. The zero-order valence-corrected chi connectivity index (χ0v) is 23.5. The number of hydrogen-bond donors (Lipinski definition) is 0. The van der Waals surface area contributed by atoms with Crippen LogP contribution in [0.15, 0.2) is 41.3 Å². The molecule has 1 saturated carbocycles. The number of amides is 1. The van der Waals surface area contributed by atoms with Crippen LogP contribution in [-0.4, -0.2) is 42.8 Å². The van der Waals surface area contributed by atoms with Crippen LogP contribution < -0.4 is 5.56 Å². The molecule has 0 radical (unpaired) electrons. The van der Waals surface area contributed by atoms with Gasteiger partial charge in [-0.05, 0) is 113 Å². The van der Waals surface area contributed by atoms with Gasteiger partial charge in [0.2, 0.25) is 0 Å². The van der Waals surface area contributed by atoms with E-state index in [0.717, 1.165) is 46.4 Å². The Labute approximate surface area is 227 Å². The van der Waals surface area contributed by atoms with Gasteiger partial charge < -0.3 is 18.8 Å². The molecule has 4 aromatic rings. The van der Waals surface area contributed by atoms with Crippen LogP contribution in [0.1, 0.15) is 63.9 Å². The number of piperidine rings is 1. The van der Waals surface area contributed by atoms with Crippen LogP contribution >= 0.6 is 0 Å². The largest absolute Gasteiger partial charge is 0.444 e. The maximum atomic E-state index is 15.6. The van der Waals surface area contributed by atoms with Crippen molar-refractivity contribution in [3.8, 4) is 11.1 Å². The number of carbonyl (C=O) groups excluding carboxylic acids is 1. The van der Waals surface area contributed by atoms with Crippen molar-refractivity contribution in [1.82, 2.24) is 19.0 Å². The minimum absolute atomic E-state index is 0.0969. The molecule has 1 amide bonds. The molecule has 1 aliphatic carbocycles. The Morgan fingerprint density at radius 2 is 1.85 bits per heavy atom. The Hall–Kier alpha value is -3.68. The van der Waals surface area contributed by atoms with Crippen LogP contribution in [0.3, 0.4) is 0 Å². The summed E-state index contributed by atoms with van der Waals surface area (Å²) in [6, 6.07) is 9.14. The SMILES string of the molecule is Cc1cc(-c2cc(F)c3c(=O)n(C4CCN(C(=O)OC(C)(C)C)C5(CC5)C4)ccc3c2)cc2c1nc(C)n2C. The lowest BCUT2D eigenvalue weighted by atomic mass is 9.94. The van der Waals surface area contributed by atoms with Crippen molar-refractivity contribution < 1.29 is 13.9 Å². The van der Waals surface area contributed by atoms with E-state index in [2.05, 4.69) is 4.98 Å². The number of ether oxygens (including phenoxy) is 1. The molecule has 2 fully saturated rings. The lowest BCUT2D eigenvalue weighted by Gasteiger charge is -2.41. The maximum absolute atomic E-state index is 15.6. The van der Waals surface area contributed by atoms with Gasteiger partial charge in [-0.25, -0.2) is 14.2 Å². The Kier molecular flexibility index (Phi) is 5.68. The van der Waals surface area contributed by atoms with Gasteiger partial charge in [0.15, 0.2) is 0 Å². The number of aromatic nitrogens is 3. The number of aryl methyl sites for hydroxylation is 3. The topological polar surface area (TPSA) is 69.4 Å². The van der Waals surface area contributed by atoms with Crippen LogP contribution in [0.2, 0.25) is 0 Å². The zero-order valence-electron chi connectivity index (χ0n) is 23.5. The summed E-state index contributed by atoms with van der Waals surface area (Å²) in [6.07, 6.45) is 4.57. The Morgan fingerprint density at radius 3 is 2.54 bits per heavy atom. The smallest absolute Gasteiger partial charge is 0.410 e.